The first-order valence-corrected chi connectivity index (χ1v) is 10.1. The summed E-state index contributed by atoms with van der Waals surface area (Å²) in [4.78, 5) is 26.6. The van der Waals surface area contributed by atoms with Gasteiger partial charge in [-0.25, -0.2) is 17.5 Å². The van der Waals surface area contributed by atoms with Crippen LogP contribution in [0.15, 0.2) is 4.42 Å². The van der Waals surface area contributed by atoms with E-state index in [-0.39, 0.29) is 30.9 Å². The number of sulfonamides is 1. The molecule has 1 fully saturated rings. The quantitative estimate of drug-likeness (QED) is 0.857. The van der Waals surface area contributed by atoms with Crippen LogP contribution in [0.2, 0.25) is 0 Å². The van der Waals surface area contributed by atoms with Crippen LogP contribution in [0.3, 0.4) is 0 Å². The monoisotopic (exact) mass is 372 g/mol. The number of likely N-dealkylation sites (tertiary alicyclic amines) is 1. The molecule has 25 heavy (non-hydrogen) atoms. The maximum atomic E-state index is 13.9. The molecule has 9 heteroatoms. The Hall–Kier alpha value is -1.74. The SMILES string of the molecule is Cc1oc2c(c1C(=O)N1CC(F)CC1CNS(C)(=O)=O)C(=O)CCC2. The molecule has 1 amide bonds. The van der Waals surface area contributed by atoms with Gasteiger partial charge in [0.05, 0.1) is 23.9 Å². The maximum Gasteiger partial charge on any atom is 0.258 e. The number of alkyl halides is 1. The Labute approximate surface area is 145 Å². The van der Waals surface area contributed by atoms with Crippen LogP contribution in [0, 0.1) is 6.92 Å². The topological polar surface area (TPSA) is 96.7 Å². The Kier molecular flexibility index (Phi) is 4.72. The van der Waals surface area contributed by atoms with Gasteiger partial charge in [0, 0.05) is 31.8 Å². The standard InChI is InChI=1S/C16H21FN2O5S/c1-9-14(15-12(20)4-3-5-13(15)24-9)16(21)19-8-10(17)6-11(19)7-18-25(2,22)23/h10-11,18H,3-8H2,1-2H3. The molecule has 0 saturated carbocycles. The molecular formula is C16H21FN2O5S. The minimum atomic E-state index is -3.45. The highest BCUT2D eigenvalue weighted by atomic mass is 32.2. The van der Waals surface area contributed by atoms with Crippen molar-refractivity contribution in [3.63, 3.8) is 0 Å². The number of rotatable bonds is 4. The number of carbonyl (C=O) groups is 2. The molecule has 7 nitrogen and oxygen atoms in total. The molecule has 1 aliphatic heterocycles. The molecule has 2 atom stereocenters. The van der Waals surface area contributed by atoms with E-state index in [1.165, 1.54) is 4.90 Å². The first-order valence-electron chi connectivity index (χ1n) is 8.22. The van der Waals surface area contributed by atoms with Gasteiger partial charge in [-0.1, -0.05) is 0 Å². The highest BCUT2D eigenvalue weighted by molar-refractivity contribution is 7.88. The smallest absolute Gasteiger partial charge is 0.258 e. The van der Waals surface area contributed by atoms with Crippen molar-refractivity contribution in [2.75, 3.05) is 19.3 Å². The molecule has 0 radical (unpaired) electrons. The highest BCUT2D eigenvalue weighted by Crippen LogP contribution is 2.32. The molecule has 138 valence electrons. The molecule has 1 aromatic rings. The highest BCUT2D eigenvalue weighted by Gasteiger charge is 2.40. The van der Waals surface area contributed by atoms with Crippen LogP contribution >= 0.6 is 0 Å². The number of nitrogens with one attached hydrogen (secondary N) is 1. The van der Waals surface area contributed by atoms with Gasteiger partial charge in [0.15, 0.2) is 5.78 Å². The summed E-state index contributed by atoms with van der Waals surface area (Å²) in [6.07, 6.45) is 1.48. The fourth-order valence-corrected chi connectivity index (χ4v) is 4.05. The van der Waals surface area contributed by atoms with Gasteiger partial charge in [0.1, 0.15) is 17.7 Å². The molecule has 2 unspecified atom stereocenters. The lowest BCUT2D eigenvalue weighted by atomic mass is 9.93. The number of ketones is 1. The van der Waals surface area contributed by atoms with Crippen molar-refractivity contribution in [1.82, 2.24) is 9.62 Å². The van der Waals surface area contributed by atoms with Gasteiger partial charge in [-0.15, -0.1) is 0 Å². The van der Waals surface area contributed by atoms with Crippen molar-refractivity contribution in [2.24, 2.45) is 0 Å². The van der Waals surface area contributed by atoms with Crippen LogP contribution in [0.4, 0.5) is 4.39 Å². The number of aryl methyl sites for hydroxylation is 2. The summed E-state index contributed by atoms with van der Waals surface area (Å²) in [7, 11) is -3.45. The molecule has 1 saturated heterocycles. The van der Waals surface area contributed by atoms with Gasteiger partial charge in [-0.2, -0.15) is 0 Å². The molecule has 1 N–H and O–H groups in total. The lowest BCUT2D eigenvalue weighted by Crippen LogP contribution is -2.43. The van der Waals surface area contributed by atoms with E-state index in [9.17, 15) is 22.4 Å². The molecule has 3 rings (SSSR count). The van der Waals surface area contributed by atoms with Crippen molar-refractivity contribution >= 4 is 21.7 Å². The number of hydrogen-bond donors (Lipinski definition) is 1. The molecule has 0 bridgehead atoms. The average Bonchev–Trinajstić information content (AvgIpc) is 3.04. The van der Waals surface area contributed by atoms with Gasteiger partial charge in [0.2, 0.25) is 10.0 Å². The van der Waals surface area contributed by atoms with Gasteiger partial charge in [0.25, 0.3) is 5.91 Å². The summed E-state index contributed by atoms with van der Waals surface area (Å²) < 4.78 is 44.4. The zero-order chi connectivity index (χ0) is 18.4. The van der Waals surface area contributed by atoms with Crippen LogP contribution in [0.25, 0.3) is 0 Å². The zero-order valence-electron chi connectivity index (χ0n) is 14.2. The minimum Gasteiger partial charge on any atom is -0.465 e. The fourth-order valence-electron chi connectivity index (χ4n) is 3.56. The number of amides is 1. The minimum absolute atomic E-state index is 0.0568. The number of halogens is 1. The first kappa shape index (κ1) is 18.1. The van der Waals surface area contributed by atoms with Crippen molar-refractivity contribution in [2.45, 2.75) is 44.8 Å². The Balaban J connectivity index is 1.89. The predicted molar refractivity (Wildman–Crippen MR) is 87.9 cm³/mol. The maximum absolute atomic E-state index is 13.9. The molecule has 2 aliphatic rings. The number of Topliss-reactive ketones (excluding diaryl/α,β-unsaturated/α-hetero) is 1. The lowest BCUT2D eigenvalue weighted by Gasteiger charge is -2.24. The van der Waals surface area contributed by atoms with Crippen LogP contribution in [-0.2, 0) is 16.4 Å². The van der Waals surface area contributed by atoms with E-state index in [0.717, 1.165) is 6.26 Å². The summed E-state index contributed by atoms with van der Waals surface area (Å²) in [5, 5.41) is 0. The van der Waals surface area contributed by atoms with Crippen LogP contribution in [0.5, 0.6) is 0 Å². The third-order valence-corrected chi connectivity index (χ3v) is 5.35. The van der Waals surface area contributed by atoms with Gasteiger partial charge in [-0.3, -0.25) is 9.59 Å². The molecule has 0 spiro atoms. The Morgan fingerprint density at radius 2 is 2.12 bits per heavy atom. The second kappa shape index (κ2) is 6.53. The molecule has 1 aliphatic carbocycles. The fraction of sp³-hybridized carbons (Fsp3) is 0.625. The normalized spacial score (nSPS) is 23.8. The van der Waals surface area contributed by atoms with E-state index in [2.05, 4.69) is 4.72 Å². The second-order valence-corrected chi connectivity index (χ2v) is 8.51. The first-order chi connectivity index (χ1) is 11.7. The van der Waals surface area contributed by atoms with Crippen molar-refractivity contribution in [1.29, 1.82) is 0 Å². The van der Waals surface area contributed by atoms with Crippen LogP contribution < -0.4 is 4.72 Å². The molecular weight excluding hydrogens is 351 g/mol. The zero-order valence-corrected chi connectivity index (χ0v) is 15.0. The number of hydrogen-bond acceptors (Lipinski definition) is 5. The van der Waals surface area contributed by atoms with Crippen molar-refractivity contribution in [3.8, 4) is 0 Å². The van der Waals surface area contributed by atoms with E-state index in [1.807, 2.05) is 0 Å². The third kappa shape index (κ3) is 3.62. The van der Waals surface area contributed by atoms with E-state index >= 15 is 0 Å². The van der Waals surface area contributed by atoms with E-state index in [0.29, 0.717) is 36.3 Å². The van der Waals surface area contributed by atoms with Gasteiger partial charge >= 0.3 is 0 Å². The summed E-state index contributed by atoms with van der Waals surface area (Å²) in [6.45, 7) is 1.44. The summed E-state index contributed by atoms with van der Waals surface area (Å²) in [6, 6.07) is -0.596. The summed E-state index contributed by atoms with van der Waals surface area (Å²) in [5.74, 6) is 0.253. The van der Waals surface area contributed by atoms with Crippen LogP contribution in [-0.4, -0.2) is 56.6 Å². The largest absolute Gasteiger partial charge is 0.465 e. The molecule has 2 heterocycles. The van der Waals surface area contributed by atoms with Gasteiger partial charge in [-0.05, 0) is 13.3 Å². The lowest BCUT2D eigenvalue weighted by molar-refractivity contribution is 0.0725. The van der Waals surface area contributed by atoms with Crippen LogP contribution in [0.1, 0.15) is 51.5 Å². The Bertz CT molecular complexity index is 817. The predicted octanol–water partition coefficient (Wildman–Crippen LogP) is 1.21. The van der Waals surface area contributed by atoms with Crippen molar-refractivity contribution < 1.29 is 26.8 Å². The number of fused-ring (bicyclic) bond motifs is 1. The molecule has 1 aromatic heterocycles. The second-order valence-electron chi connectivity index (χ2n) is 6.67. The van der Waals surface area contributed by atoms with Gasteiger partial charge < -0.3 is 9.32 Å². The summed E-state index contributed by atoms with van der Waals surface area (Å²) >= 11 is 0. The average molecular weight is 372 g/mol. The van der Waals surface area contributed by atoms with E-state index < -0.39 is 28.1 Å². The Morgan fingerprint density at radius 1 is 1.40 bits per heavy atom. The number of nitrogens with zero attached hydrogens (tertiary/aromatic N) is 1. The van der Waals surface area contributed by atoms with Crippen molar-refractivity contribution in [3.05, 3.63) is 22.6 Å². The van der Waals surface area contributed by atoms with E-state index in [1.54, 1.807) is 6.92 Å². The third-order valence-electron chi connectivity index (χ3n) is 4.66. The summed E-state index contributed by atoms with van der Waals surface area (Å²) in [5.41, 5.74) is 0.504. The number of carbonyl (C=O) groups excluding carboxylic acids is 2. The molecule has 0 aromatic carbocycles. The Morgan fingerprint density at radius 3 is 2.80 bits per heavy atom. The van der Waals surface area contributed by atoms with E-state index in [4.69, 9.17) is 4.42 Å². The number of furan rings is 1.